The average Bonchev–Trinajstić information content (AvgIpc) is 2.84. The number of nitrogens with one attached hydrogen (secondary N) is 2. The third-order valence-electron chi connectivity index (χ3n) is 5.03. The number of phenolic OH excluding ortho intramolecular Hbond substituents is 2. The van der Waals surface area contributed by atoms with Crippen molar-refractivity contribution in [2.75, 3.05) is 5.32 Å². The molecule has 4 aromatic rings. The normalized spacial score (nSPS) is 12.1. The van der Waals surface area contributed by atoms with E-state index in [2.05, 4.69) is 47.7 Å². The molecule has 0 aliphatic heterocycles. The number of anilines is 1. The molecule has 33 heavy (non-hydrogen) atoms. The van der Waals surface area contributed by atoms with Crippen molar-refractivity contribution < 1.29 is 15.0 Å². The number of carbonyl (C=O) groups excluding carboxylic acids is 1. The highest BCUT2D eigenvalue weighted by Gasteiger charge is 2.20. The van der Waals surface area contributed by atoms with Gasteiger partial charge in [-0.15, -0.1) is 0 Å². The minimum Gasteiger partial charge on any atom is -0.506 e. The fraction of sp³-hybridized carbons (Fsp3) is 0.0400. The van der Waals surface area contributed by atoms with Crippen LogP contribution < -0.4 is 10.7 Å². The summed E-state index contributed by atoms with van der Waals surface area (Å²) in [6.45, 7) is 0. The molecule has 8 heteroatoms. The highest BCUT2D eigenvalue weighted by Crippen LogP contribution is 2.40. The topological polar surface area (TPSA) is 94.0 Å². The number of rotatable bonds is 6. The van der Waals surface area contributed by atoms with Crippen molar-refractivity contribution in [3.8, 4) is 11.5 Å². The molecule has 0 spiro atoms. The van der Waals surface area contributed by atoms with Gasteiger partial charge >= 0.3 is 0 Å². The second-order valence-electron chi connectivity index (χ2n) is 7.24. The molecule has 166 valence electrons. The number of fused-ring (bicyclic) bond motifs is 1. The van der Waals surface area contributed by atoms with Gasteiger partial charge in [-0.2, -0.15) is 5.10 Å². The smallest absolute Gasteiger partial charge is 0.267 e. The summed E-state index contributed by atoms with van der Waals surface area (Å²) in [6, 6.07) is 24.1. The second-order valence-corrected chi connectivity index (χ2v) is 8.89. The molecule has 0 bridgehead atoms. The Morgan fingerprint density at radius 2 is 1.58 bits per heavy atom. The number of halogens is 2. The summed E-state index contributed by atoms with van der Waals surface area (Å²) in [5.74, 6) is -0.693. The summed E-state index contributed by atoms with van der Waals surface area (Å²) in [5.41, 5.74) is 4.41. The van der Waals surface area contributed by atoms with Crippen molar-refractivity contribution in [2.45, 2.75) is 6.04 Å². The predicted octanol–water partition coefficient (Wildman–Crippen LogP) is 6.08. The van der Waals surface area contributed by atoms with Gasteiger partial charge in [-0.1, -0.05) is 60.7 Å². The number of phenols is 2. The average molecular weight is 569 g/mol. The lowest BCUT2D eigenvalue weighted by Crippen LogP contribution is -2.30. The molecule has 4 N–H and O–H groups in total. The largest absolute Gasteiger partial charge is 0.506 e. The molecule has 1 amide bonds. The highest BCUT2D eigenvalue weighted by molar-refractivity contribution is 9.11. The van der Waals surface area contributed by atoms with Crippen molar-refractivity contribution in [1.82, 2.24) is 5.43 Å². The molecule has 0 fully saturated rings. The van der Waals surface area contributed by atoms with Crippen LogP contribution in [0.15, 0.2) is 92.9 Å². The Hall–Kier alpha value is -3.36. The van der Waals surface area contributed by atoms with Gasteiger partial charge < -0.3 is 15.5 Å². The molecule has 4 aromatic carbocycles. The maximum absolute atomic E-state index is 13.1. The van der Waals surface area contributed by atoms with Crippen LogP contribution in [-0.2, 0) is 4.79 Å². The Kier molecular flexibility index (Phi) is 6.96. The zero-order chi connectivity index (χ0) is 23.4. The Morgan fingerprint density at radius 3 is 2.33 bits per heavy atom. The van der Waals surface area contributed by atoms with Gasteiger partial charge in [-0.05, 0) is 66.4 Å². The van der Waals surface area contributed by atoms with Crippen LogP contribution in [0.3, 0.4) is 0 Å². The minimum atomic E-state index is -0.698. The van der Waals surface area contributed by atoms with Crippen LogP contribution in [-0.4, -0.2) is 22.3 Å². The molecule has 6 nitrogen and oxygen atoms in total. The molecule has 0 aliphatic carbocycles. The lowest BCUT2D eigenvalue weighted by Gasteiger charge is -2.19. The highest BCUT2D eigenvalue weighted by atomic mass is 79.9. The maximum atomic E-state index is 13.1. The first kappa shape index (κ1) is 22.8. The number of aromatic hydroxyl groups is 2. The van der Waals surface area contributed by atoms with Gasteiger partial charge in [0, 0.05) is 11.3 Å². The van der Waals surface area contributed by atoms with Crippen LogP contribution in [0.1, 0.15) is 17.2 Å². The van der Waals surface area contributed by atoms with E-state index in [-0.39, 0.29) is 21.9 Å². The standard InChI is InChI=1S/C25H19Br2N3O3/c26-20-13-18(23(31)21(27)24(20)32)14-28-30-25(33)22(16-7-2-1-3-8-16)29-19-11-10-15-6-4-5-9-17(15)12-19/h1-14,22,29,31-32H,(H,30,33). The number of hydrogen-bond donors (Lipinski definition) is 4. The van der Waals surface area contributed by atoms with Gasteiger partial charge in [-0.25, -0.2) is 5.43 Å². The molecule has 1 unspecified atom stereocenters. The number of hydrogen-bond acceptors (Lipinski definition) is 5. The fourth-order valence-corrected chi connectivity index (χ4v) is 4.49. The third-order valence-corrected chi connectivity index (χ3v) is 6.39. The molecule has 0 aromatic heterocycles. The molecular formula is C25H19Br2N3O3. The van der Waals surface area contributed by atoms with E-state index in [0.29, 0.717) is 10.0 Å². The van der Waals surface area contributed by atoms with Crippen LogP contribution in [0.4, 0.5) is 5.69 Å². The molecule has 0 saturated carbocycles. The van der Waals surface area contributed by atoms with Crippen molar-refractivity contribution in [2.24, 2.45) is 5.10 Å². The van der Waals surface area contributed by atoms with Gasteiger partial charge in [0.15, 0.2) is 0 Å². The van der Waals surface area contributed by atoms with E-state index in [1.54, 1.807) is 0 Å². The monoisotopic (exact) mass is 567 g/mol. The second kappa shape index (κ2) is 10.1. The Balaban J connectivity index is 1.57. The van der Waals surface area contributed by atoms with Gasteiger partial charge in [0.25, 0.3) is 5.91 Å². The van der Waals surface area contributed by atoms with Gasteiger partial charge in [-0.3, -0.25) is 4.79 Å². The van der Waals surface area contributed by atoms with E-state index in [1.165, 1.54) is 12.3 Å². The van der Waals surface area contributed by atoms with E-state index in [0.717, 1.165) is 22.0 Å². The van der Waals surface area contributed by atoms with Crippen LogP contribution in [0.25, 0.3) is 10.8 Å². The summed E-state index contributed by atoms with van der Waals surface area (Å²) < 4.78 is 0.505. The molecular weight excluding hydrogens is 550 g/mol. The van der Waals surface area contributed by atoms with Crippen LogP contribution in [0.2, 0.25) is 0 Å². The molecule has 1 atom stereocenters. The minimum absolute atomic E-state index is 0.127. The van der Waals surface area contributed by atoms with Gasteiger partial charge in [0.05, 0.1) is 10.7 Å². The van der Waals surface area contributed by atoms with Gasteiger partial charge in [0.1, 0.15) is 22.0 Å². The van der Waals surface area contributed by atoms with E-state index >= 15 is 0 Å². The van der Waals surface area contributed by atoms with E-state index in [4.69, 9.17) is 0 Å². The summed E-state index contributed by atoms with van der Waals surface area (Å²) in [4.78, 5) is 13.1. The van der Waals surface area contributed by atoms with E-state index in [1.807, 2.05) is 72.8 Å². The quantitative estimate of drug-likeness (QED) is 0.167. The van der Waals surface area contributed by atoms with Crippen molar-refractivity contribution in [1.29, 1.82) is 0 Å². The first-order chi connectivity index (χ1) is 15.9. The number of nitrogens with zero attached hydrogens (tertiary/aromatic N) is 1. The SMILES string of the molecule is O=C(NN=Cc1cc(Br)c(O)c(Br)c1O)C(Nc1ccc2ccccc2c1)c1ccccc1. The Bertz CT molecular complexity index is 1340. The molecule has 0 radical (unpaired) electrons. The third kappa shape index (κ3) is 5.18. The maximum Gasteiger partial charge on any atom is 0.267 e. The zero-order valence-electron chi connectivity index (χ0n) is 17.2. The molecule has 0 saturated heterocycles. The number of hydrazone groups is 1. The number of benzene rings is 4. The van der Waals surface area contributed by atoms with Crippen LogP contribution in [0.5, 0.6) is 11.5 Å². The summed E-state index contributed by atoms with van der Waals surface area (Å²) in [5, 5.41) is 29.5. The van der Waals surface area contributed by atoms with Crippen molar-refractivity contribution >= 4 is 60.4 Å². The first-order valence-corrected chi connectivity index (χ1v) is 11.6. The molecule has 4 rings (SSSR count). The zero-order valence-corrected chi connectivity index (χ0v) is 20.3. The van der Waals surface area contributed by atoms with Crippen LogP contribution >= 0.6 is 31.9 Å². The fourth-order valence-electron chi connectivity index (χ4n) is 3.34. The Labute approximate surface area is 207 Å². The van der Waals surface area contributed by atoms with Gasteiger partial charge in [0.2, 0.25) is 0 Å². The number of carbonyl (C=O) groups is 1. The van der Waals surface area contributed by atoms with E-state index in [9.17, 15) is 15.0 Å². The Morgan fingerprint density at radius 1 is 0.879 bits per heavy atom. The summed E-state index contributed by atoms with van der Waals surface area (Å²) in [7, 11) is 0. The predicted molar refractivity (Wildman–Crippen MR) is 138 cm³/mol. The lowest BCUT2D eigenvalue weighted by molar-refractivity contribution is -0.121. The lowest BCUT2D eigenvalue weighted by atomic mass is 10.0. The van der Waals surface area contributed by atoms with Crippen LogP contribution in [0, 0.1) is 0 Å². The number of amides is 1. The molecule has 0 aliphatic rings. The summed E-state index contributed by atoms with van der Waals surface area (Å²) >= 11 is 6.33. The molecule has 0 heterocycles. The summed E-state index contributed by atoms with van der Waals surface area (Å²) in [6.07, 6.45) is 1.31. The van der Waals surface area contributed by atoms with Crippen molar-refractivity contribution in [3.63, 3.8) is 0 Å². The van der Waals surface area contributed by atoms with Crippen molar-refractivity contribution in [3.05, 3.63) is 98.9 Å². The first-order valence-electron chi connectivity index (χ1n) is 9.97. The van der Waals surface area contributed by atoms with E-state index < -0.39 is 6.04 Å².